The number of hydrogen-bond acceptors (Lipinski definition) is 2. The number of halogens is 1. The SMILES string of the molecule is Cc1ccc(C(=O)Nc2cnn(Cc3cccc(F)c3)c2)c(C)c1. The molecular weight excluding hydrogens is 305 g/mol. The van der Waals surface area contributed by atoms with Crippen LogP contribution in [0.1, 0.15) is 27.0 Å². The molecule has 0 aliphatic rings. The van der Waals surface area contributed by atoms with Gasteiger partial charge in [-0.15, -0.1) is 0 Å². The van der Waals surface area contributed by atoms with Crippen molar-refractivity contribution in [1.82, 2.24) is 9.78 Å². The van der Waals surface area contributed by atoms with Gasteiger partial charge in [0.1, 0.15) is 5.82 Å². The molecule has 0 radical (unpaired) electrons. The molecule has 5 heteroatoms. The molecule has 0 aliphatic carbocycles. The zero-order chi connectivity index (χ0) is 17.1. The lowest BCUT2D eigenvalue weighted by atomic mass is 10.1. The van der Waals surface area contributed by atoms with Gasteiger partial charge in [0.05, 0.1) is 18.4 Å². The fraction of sp³-hybridized carbons (Fsp3) is 0.158. The summed E-state index contributed by atoms with van der Waals surface area (Å²) in [5.74, 6) is -0.444. The minimum Gasteiger partial charge on any atom is -0.319 e. The molecule has 0 bridgehead atoms. The number of nitrogens with zero attached hydrogens (tertiary/aromatic N) is 2. The Bertz CT molecular complexity index is 886. The van der Waals surface area contributed by atoms with Crippen LogP contribution in [-0.2, 0) is 6.54 Å². The van der Waals surface area contributed by atoms with E-state index >= 15 is 0 Å². The zero-order valence-electron chi connectivity index (χ0n) is 13.6. The second-order valence-corrected chi connectivity index (χ2v) is 5.83. The predicted molar refractivity (Wildman–Crippen MR) is 91.6 cm³/mol. The van der Waals surface area contributed by atoms with E-state index in [9.17, 15) is 9.18 Å². The molecule has 1 N–H and O–H groups in total. The topological polar surface area (TPSA) is 46.9 Å². The molecule has 4 nitrogen and oxygen atoms in total. The van der Waals surface area contributed by atoms with Gasteiger partial charge in [-0.05, 0) is 43.2 Å². The smallest absolute Gasteiger partial charge is 0.256 e. The lowest BCUT2D eigenvalue weighted by molar-refractivity contribution is 0.102. The van der Waals surface area contributed by atoms with Gasteiger partial charge >= 0.3 is 0 Å². The van der Waals surface area contributed by atoms with Crippen molar-refractivity contribution in [2.75, 3.05) is 5.32 Å². The Morgan fingerprint density at radius 2 is 2.04 bits per heavy atom. The van der Waals surface area contributed by atoms with Crippen LogP contribution in [0.25, 0.3) is 0 Å². The Kier molecular flexibility index (Phi) is 4.42. The number of hydrogen-bond donors (Lipinski definition) is 1. The molecule has 0 saturated heterocycles. The number of benzene rings is 2. The van der Waals surface area contributed by atoms with E-state index in [0.29, 0.717) is 17.8 Å². The quantitative estimate of drug-likeness (QED) is 0.790. The van der Waals surface area contributed by atoms with Gasteiger partial charge in [-0.1, -0.05) is 29.8 Å². The molecule has 24 heavy (non-hydrogen) atoms. The molecule has 3 rings (SSSR count). The summed E-state index contributed by atoms with van der Waals surface area (Å²) in [5.41, 5.74) is 4.10. The third kappa shape index (κ3) is 3.68. The molecule has 1 aromatic heterocycles. The highest BCUT2D eigenvalue weighted by Crippen LogP contribution is 2.14. The van der Waals surface area contributed by atoms with E-state index in [1.807, 2.05) is 38.1 Å². The second-order valence-electron chi connectivity index (χ2n) is 5.83. The first-order chi connectivity index (χ1) is 11.5. The first kappa shape index (κ1) is 15.9. The molecular formula is C19H18FN3O. The van der Waals surface area contributed by atoms with E-state index in [0.717, 1.165) is 16.7 Å². The lowest BCUT2D eigenvalue weighted by Crippen LogP contribution is -2.13. The normalized spacial score (nSPS) is 10.6. The minimum absolute atomic E-state index is 0.169. The number of aromatic nitrogens is 2. The lowest BCUT2D eigenvalue weighted by Gasteiger charge is -2.06. The van der Waals surface area contributed by atoms with E-state index in [1.165, 1.54) is 12.1 Å². The Hall–Kier alpha value is -2.95. The summed E-state index contributed by atoms with van der Waals surface area (Å²) in [7, 11) is 0. The van der Waals surface area contributed by atoms with E-state index in [4.69, 9.17) is 0 Å². The second kappa shape index (κ2) is 6.66. The highest BCUT2D eigenvalue weighted by Gasteiger charge is 2.10. The van der Waals surface area contributed by atoms with Crippen LogP contribution in [0.5, 0.6) is 0 Å². The van der Waals surface area contributed by atoms with Crippen LogP contribution in [0.3, 0.4) is 0 Å². The Labute approximate surface area is 139 Å². The van der Waals surface area contributed by atoms with Crippen LogP contribution in [0.2, 0.25) is 0 Å². The molecule has 0 fully saturated rings. The maximum atomic E-state index is 13.2. The molecule has 1 heterocycles. The molecule has 0 atom stereocenters. The van der Waals surface area contributed by atoms with Gasteiger partial charge in [-0.25, -0.2) is 4.39 Å². The first-order valence-corrected chi connectivity index (χ1v) is 7.67. The largest absolute Gasteiger partial charge is 0.319 e. The minimum atomic E-state index is -0.275. The number of amides is 1. The van der Waals surface area contributed by atoms with Crippen molar-refractivity contribution in [2.24, 2.45) is 0 Å². The Balaban J connectivity index is 1.70. The number of nitrogens with one attached hydrogen (secondary N) is 1. The van der Waals surface area contributed by atoms with E-state index in [-0.39, 0.29) is 11.7 Å². The van der Waals surface area contributed by atoms with Crippen molar-refractivity contribution < 1.29 is 9.18 Å². The van der Waals surface area contributed by atoms with E-state index < -0.39 is 0 Å². The molecule has 3 aromatic rings. The number of rotatable bonds is 4. The summed E-state index contributed by atoms with van der Waals surface area (Å²) < 4.78 is 14.9. The van der Waals surface area contributed by atoms with E-state index in [2.05, 4.69) is 10.4 Å². The van der Waals surface area contributed by atoms with Gasteiger partial charge in [0.15, 0.2) is 0 Å². The maximum Gasteiger partial charge on any atom is 0.256 e. The van der Waals surface area contributed by atoms with Crippen LogP contribution in [-0.4, -0.2) is 15.7 Å². The van der Waals surface area contributed by atoms with Crippen LogP contribution in [0.4, 0.5) is 10.1 Å². The van der Waals surface area contributed by atoms with Crippen molar-refractivity contribution in [1.29, 1.82) is 0 Å². The molecule has 122 valence electrons. The van der Waals surface area contributed by atoms with Crippen LogP contribution >= 0.6 is 0 Å². The van der Waals surface area contributed by atoms with Crippen LogP contribution in [0.15, 0.2) is 54.9 Å². The molecule has 0 aliphatic heterocycles. The molecule has 0 saturated carbocycles. The molecule has 1 amide bonds. The van der Waals surface area contributed by atoms with Crippen molar-refractivity contribution >= 4 is 11.6 Å². The van der Waals surface area contributed by atoms with Crippen molar-refractivity contribution in [2.45, 2.75) is 20.4 Å². The van der Waals surface area contributed by atoms with Gasteiger partial charge in [0.25, 0.3) is 5.91 Å². The van der Waals surface area contributed by atoms with Crippen LogP contribution < -0.4 is 5.32 Å². The van der Waals surface area contributed by atoms with Gasteiger partial charge in [-0.3, -0.25) is 9.48 Å². The number of anilines is 1. The summed E-state index contributed by atoms with van der Waals surface area (Å²) in [4.78, 5) is 12.4. The summed E-state index contributed by atoms with van der Waals surface area (Å²) in [6, 6.07) is 12.1. The highest BCUT2D eigenvalue weighted by atomic mass is 19.1. The average Bonchev–Trinajstić information content (AvgIpc) is 2.94. The van der Waals surface area contributed by atoms with Crippen LogP contribution in [0, 0.1) is 19.7 Å². The Morgan fingerprint density at radius 3 is 2.79 bits per heavy atom. The zero-order valence-corrected chi connectivity index (χ0v) is 13.6. The predicted octanol–water partition coefficient (Wildman–Crippen LogP) is 3.94. The molecule has 0 spiro atoms. The fourth-order valence-electron chi connectivity index (χ4n) is 2.60. The average molecular weight is 323 g/mol. The summed E-state index contributed by atoms with van der Waals surface area (Å²) in [6.07, 6.45) is 3.31. The van der Waals surface area contributed by atoms with Crippen molar-refractivity contribution in [3.05, 3.63) is 82.9 Å². The third-order valence-corrected chi connectivity index (χ3v) is 3.75. The summed E-state index contributed by atoms with van der Waals surface area (Å²) >= 11 is 0. The first-order valence-electron chi connectivity index (χ1n) is 7.67. The van der Waals surface area contributed by atoms with Gasteiger partial charge < -0.3 is 5.32 Å². The summed E-state index contributed by atoms with van der Waals surface area (Å²) in [5, 5.41) is 7.04. The maximum absolute atomic E-state index is 13.2. The monoisotopic (exact) mass is 323 g/mol. The van der Waals surface area contributed by atoms with Crippen molar-refractivity contribution in [3.63, 3.8) is 0 Å². The number of aryl methyl sites for hydroxylation is 2. The third-order valence-electron chi connectivity index (χ3n) is 3.75. The van der Waals surface area contributed by atoms with Crippen molar-refractivity contribution in [3.8, 4) is 0 Å². The Morgan fingerprint density at radius 1 is 1.21 bits per heavy atom. The van der Waals surface area contributed by atoms with Gasteiger partial charge in [0.2, 0.25) is 0 Å². The van der Waals surface area contributed by atoms with E-state index in [1.54, 1.807) is 23.1 Å². The van der Waals surface area contributed by atoms with Gasteiger partial charge in [-0.2, -0.15) is 5.10 Å². The standard InChI is InChI=1S/C19H18FN3O/c1-13-6-7-18(14(2)8-13)19(24)22-17-10-21-23(12-17)11-15-4-3-5-16(20)9-15/h3-10,12H,11H2,1-2H3,(H,22,24). The van der Waals surface area contributed by atoms with Gasteiger partial charge in [0, 0.05) is 11.8 Å². The number of carbonyl (C=O) groups excluding carboxylic acids is 1. The number of carbonyl (C=O) groups is 1. The summed E-state index contributed by atoms with van der Waals surface area (Å²) in [6.45, 7) is 4.34. The molecule has 2 aromatic carbocycles. The molecule has 0 unspecified atom stereocenters. The highest BCUT2D eigenvalue weighted by molar-refractivity contribution is 6.05. The fourth-order valence-corrected chi connectivity index (χ4v) is 2.60.